The molecule has 1 fully saturated rings. The van der Waals surface area contributed by atoms with Crippen molar-refractivity contribution in [2.45, 2.75) is 25.7 Å². The third kappa shape index (κ3) is 5.25. The maximum absolute atomic E-state index is 11.8. The lowest BCUT2D eigenvalue weighted by molar-refractivity contribution is 0.199. The molecule has 0 spiro atoms. The normalized spacial score (nSPS) is 15.8. The SMILES string of the molecule is CN(C)C(=O)NCCNC(=O)N1CCCCCC1. The molecule has 0 unspecified atom stereocenters. The lowest BCUT2D eigenvalue weighted by Crippen LogP contribution is -2.44. The zero-order chi connectivity index (χ0) is 13.4. The highest BCUT2D eigenvalue weighted by Crippen LogP contribution is 2.09. The van der Waals surface area contributed by atoms with Crippen molar-refractivity contribution in [3.63, 3.8) is 0 Å². The standard InChI is InChI=1S/C12H24N4O2/c1-15(2)11(17)13-7-8-14-12(18)16-9-5-3-4-6-10-16/h3-10H2,1-2H3,(H,13,17)(H,14,18). The molecule has 1 saturated heterocycles. The van der Waals surface area contributed by atoms with Crippen molar-refractivity contribution in [1.82, 2.24) is 20.4 Å². The van der Waals surface area contributed by atoms with E-state index in [9.17, 15) is 9.59 Å². The first kappa shape index (κ1) is 14.6. The van der Waals surface area contributed by atoms with Gasteiger partial charge in [0.25, 0.3) is 0 Å². The maximum atomic E-state index is 11.8. The van der Waals surface area contributed by atoms with Crippen LogP contribution in [0.25, 0.3) is 0 Å². The zero-order valence-corrected chi connectivity index (χ0v) is 11.4. The number of carbonyl (C=O) groups excluding carboxylic acids is 2. The van der Waals surface area contributed by atoms with Crippen molar-refractivity contribution >= 4 is 12.1 Å². The third-order valence-corrected chi connectivity index (χ3v) is 2.98. The summed E-state index contributed by atoms with van der Waals surface area (Å²) in [5.41, 5.74) is 0. The predicted octanol–water partition coefficient (Wildman–Crippen LogP) is 0.843. The van der Waals surface area contributed by atoms with Crippen molar-refractivity contribution in [2.75, 3.05) is 40.3 Å². The van der Waals surface area contributed by atoms with Gasteiger partial charge in [-0.15, -0.1) is 0 Å². The van der Waals surface area contributed by atoms with E-state index in [1.54, 1.807) is 14.1 Å². The first-order chi connectivity index (χ1) is 8.61. The minimum atomic E-state index is -0.140. The van der Waals surface area contributed by atoms with Crippen molar-refractivity contribution in [3.8, 4) is 0 Å². The Kier molecular flexibility index (Phi) is 6.32. The van der Waals surface area contributed by atoms with Gasteiger partial charge >= 0.3 is 12.1 Å². The zero-order valence-electron chi connectivity index (χ0n) is 11.4. The van der Waals surface area contributed by atoms with Gasteiger partial charge in [0.2, 0.25) is 0 Å². The molecule has 1 heterocycles. The van der Waals surface area contributed by atoms with E-state index in [0.29, 0.717) is 13.1 Å². The van der Waals surface area contributed by atoms with Crippen LogP contribution in [-0.2, 0) is 0 Å². The Morgan fingerprint density at radius 3 is 2.11 bits per heavy atom. The first-order valence-corrected chi connectivity index (χ1v) is 6.59. The highest BCUT2D eigenvalue weighted by Gasteiger charge is 2.14. The summed E-state index contributed by atoms with van der Waals surface area (Å²) in [5.74, 6) is 0. The fourth-order valence-electron chi connectivity index (χ4n) is 1.88. The molecule has 0 bridgehead atoms. The Morgan fingerprint density at radius 1 is 1.00 bits per heavy atom. The minimum absolute atomic E-state index is 0.0176. The first-order valence-electron chi connectivity index (χ1n) is 6.59. The highest BCUT2D eigenvalue weighted by molar-refractivity contribution is 5.75. The molecule has 6 heteroatoms. The van der Waals surface area contributed by atoms with E-state index in [2.05, 4.69) is 10.6 Å². The fraction of sp³-hybridized carbons (Fsp3) is 0.833. The van der Waals surface area contributed by atoms with Crippen molar-refractivity contribution in [3.05, 3.63) is 0 Å². The van der Waals surface area contributed by atoms with Crippen LogP contribution in [0.2, 0.25) is 0 Å². The molecule has 0 aromatic carbocycles. The second-order valence-corrected chi connectivity index (χ2v) is 4.76. The minimum Gasteiger partial charge on any atom is -0.336 e. The van der Waals surface area contributed by atoms with Crippen LogP contribution in [0.5, 0.6) is 0 Å². The van der Waals surface area contributed by atoms with E-state index in [1.807, 2.05) is 4.90 Å². The molecule has 104 valence electrons. The molecule has 0 atom stereocenters. The van der Waals surface area contributed by atoms with E-state index >= 15 is 0 Å². The molecule has 6 nitrogen and oxygen atoms in total. The Morgan fingerprint density at radius 2 is 1.56 bits per heavy atom. The van der Waals surface area contributed by atoms with E-state index in [0.717, 1.165) is 25.9 Å². The van der Waals surface area contributed by atoms with Gasteiger partial charge in [-0.05, 0) is 12.8 Å². The van der Waals surface area contributed by atoms with E-state index < -0.39 is 0 Å². The lowest BCUT2D eigenvalue weighted by Gasteiger charge is -2.21. The molecule has 0 aliphatic carbocycles. The van der Waals surface area contributed by atoms with Crippen molar-refractivity contribution < 1.29 is 9.59 Å². The Hall–Kier alpha value is -1.46. The van der Waals surface area contributed by atoms with Gasteiger partial charge in [-0.3, -0.25) is 0 Å². The monoisotopic (exact) mass is 256 g/mol. The van der Waals surface area contributed by atoms with Crippen LogP contribution in [-0.4, -0.2) is 62.1 Å². The number of nitrogens with zero attached hydrogens (tertiary/aromatic N) is 2. The number of nitrogens with one attached hydrogen (secondary N) is 2. The van der Waals surface area contributed by atoms with Gasteiger partial charge in [0.05, 0.1) is 0 Å². The van der Waals surface area contributed by atoms with Crippen molar-refractivity contribution in [2.24, 2.45) is 0 Å². The molecule has 18 heavy (non-hydrogen) atoms. The quantitative estimate of drug-likeness (QED) is 0.735. The molecular weight excluding hydrogens is 232 g/mol. The number of carbonyl (C=O) groups is 2. The van der Waals surface area contributed by atoms with Crippen LogP contribution >= 0.6 is 0 Å². The Labute approximate surface area is 109 Å². The summed E-state index contributed by atoms with van der Waals surface area (Å²) in [6.07, 6.45) is 4.60. The van der Waals surface area contributed by atoms with Crippen LogP contribution in [0.3, 0.4) is 0 Å². The van der Waals surface area contributed by atoms with Gasteiger partial charge in [-0.2, -0.15) is 0 Å². The van der Waals surface area contributed by atoms with Crippen molar-refractivity contribution in [1.29, 1.82) is 0 Å². The maximum Gasteiger partial charge on any atom is 0.317 e. The molecule has 0 aromatic rings. The van der Waals surface area contributed by atoms with E-state index in [1.165, 1.54) is 17.7 Å². The Bertz CT molecular complexity index is 273. The number of likely N-dealkylation sites (tertiary alicyclic amines) is 1. The molecule has 1 rings (SSSR count). The summed E-state index contributed by atoms with van der Waals surface area (Å²) < 4.78 is 0. The Balaban J connectivity index is 2.14. The average molecular weight is 256 g/mol. The van der Waals surface area contributed by atoms with E-state index in [-0.39, 0.29) is 12.1 Å². The van der Waals surface area contributed by atoms with Crippen LogP contribution in [0.4, 0.5) is 9.59 Å². The second kappa shape index (κ2) is 7.79. The molecule has 1 aliphatic rings. The highest BCUT2D eigenvalue weighted by atomic mass is 16.2. The number of urea groups is 2. The number of rotatable bonds is 3. The predicted molar refractivity (Wildman–Crippen MR) is 70.5 cm³/mol. The van der Waals surface area contributed by atoms with Gasteiger partial charge in [0, 0.05) is 40.3 Å². The molecule has 1 aliphatic heterocycles. The van der Waals surface area contributed by atoms with E-state index in [4.69, 9.17) is 0 Å². The number of amides is 4. The van der Waals surface area contributed by atoms with Gasteiger partial charge in [0.15, 0.2) is 0 Å². The van der Waals surface area contributed by atoms with Crippen LogP contribution < -0.4 is 10.6 Å². The molecular formula is C12H24N4O2. The average Bonchev–Trinajstić information content (AvgIpc) is 2.62. The fourth-order valence-corrected chi connectivity index (χ4v) is 1.88. The molecule has 0 radical (unpaired) electrons. The van der Waals surface area contributed by atoms with Gasteiger partial charge in [-0.1, -0.05) is 12.8 Å². The number of hydrogen-bond acceptors (Lipinski definition) is 2. The summed E-state index contributed by atoms with van der Waals surface area (Å²) in [7, 11) is 3.37. The third-order valence-electron chi connectivity index (χ3n) is 2.98. The molecule has 4 amide bonds. The van der Waals surface area contributed by atoms with Crippen LogP contribution in [0, 0.1) is 0 Å². The van der Waals surface area contributed by atoms with Gasteiger partial charge in [0.1, 0.15) is 0 Å². The van der Waals surface area contributed by atoms with Gasteiger partial charge in [-0.25, -0.2) is 9.59 Å². The summed E-state index contributed by atoms with van der Waals surface area (Å²) in [4.78, 5) is 26.4. The summed E-state index contributed by atoms with van der Waals surface area (Å²) in [6.45, 7) is 2.61. The lowest BCUT2D eigenvalue weighted by atomic mass is 10.2. The molecule has 0 saturated carbocycles. The molecule has 2 N–H and O–H groups in total. The summed E-state index contributed by atoms with van der Waals surface area (Å²) >= 11 is 0. The number of hydrogen-bond donors (Lipinski definition) is 2. The topological polar surface area (TPSA) is 64.7 Å². The largest absolute Gasteiger partial charge is 0.336 e. The molecule has 0 aromatic heterocycles. The van der Waals surface area contributed by atoms with Crippen LogP contribution in [0.15, 0.2) is 0 Å². The summed E-state index contributed by atoms with van der Waals surface area (Å²) in [6, 6.07) is -0.157. The smallest absolute Gasteiger partial charge is 0.317 e. The van der Waals surface area contributed by atoms with Gasteiger partial charge < -0.3 is 20.4 Å². The second-order valence-electron chi connectivity index (χ2n) is 4.76. The summed E-state index contributed by atoms with van der Waals surface area (Å²) in [5, 5.41) is 5.53. The van der Waals surface area contributed by atoms with Crippen LogP contribution in [0.1, 0.15) is 25.7 Å².